The van der Waals surface area contributed by atoms with Crippen molar-refractivity contribution in [2.45, 2.75) is 113 Å². The molecule has 6 aliphatic heterocycles. The van der Waals surface area contributed by atoms with Gasteiger partial charge in [-0.15, -0.1) is 6.42 Å². The van der Waals surface area contributed by atoms with Crippen molar-refractivity contribution in [1.82, 2.24) is 40.3 Å². The number of methoxy groups -OCH3 is 1. The summed E-state index contributed by atoms with van der Waals surface area (Å²) in [7, 11) is 6.85. The molecule has 2 aromatic heterocycles. The number of terminal acetylenes is 1. The second kappa shape index (κ2) is 25.3. The highest BCUT2D eigenvalue weighted by Crippen LogP contribution is 2.41. The molecule has 5 aromatic rings. The predicted octanol–water partition coefficient (Wildman–Crippen LogP) is 7.22. The number of pyridine rings is 1. The van der Waals surface area contributed by atoms with Crippen molar-refractivity contribution in [3.8, 4) is 35.4 Å². The van der Waals surface area contributed by atoms with Gasteiger partial charge in [-0.1, -0.05) is 18.1 Å². The summed E-state index contributed by atoms with van der Waals surface area (Å²) in [4.78, 5) is 74.5. The molecule has 6 saturated heterocycles. The average Bonchev–Trinajstić information content (AvgIpc) is 4.29. The van der Waals surface area contributed by atoms with Gasteiger partial charge in [-0.25, -0.2) is 13.6 Å². The number of likely N-dealkylation sites (N-methyl/N-ethyl adjacent to an activating group) is 1. The molecule has 3 N–H and O–H groups in total. The van der Waals surface area contributed by atoms with Crippen LogP contribution in [0.2, 0.25) is 0 Å². The van der Waals surface area contributed by atoms with E-state index in [2.05, 4.69) is 58.3 Å². The highest BCUT2D eigenvalue weighted by molar-refractivity contribution is 6.03. The number of hydrogen-bond acceptors (Lipinski definition) is 15. The van der Waals surface area contributed by atoms with E-state index in [-0.39, 0.29) is 64.3 Å². The van der Waals surface area contributed by atoms with E-state index in [1.54, 1.807) is 7.05 Å². The fourth-order valence-electron chi connectivity index (χ4n) is 13.5. The van der Waals surface area contributed by atoms with Gasteiger partial charge >= 0.3 is 12.1 Å². The van der Waals surface area contributed by atoms with Gasteiger partial charge in [0.2, 0.25) is 12.3 Å². The highest BCUT2D eigenvalue weighted by Gasteiger charge is 2.38. The zero-order chi connectivity index (χ0) is 56.9. The minimum absolute atomic E-state index is 0.0258. The number of phenols is 1. The molecule has 3 aromatic carbocycles. The maximum absolute atomic E-state index is 16.1. The van der Waals surface area contributed by atoms with Crippen LogP contribution in [0.4, 0.5) is 30.8 Å². The molecule has 0 radical (unpaired) electrons. The molecule has 81 heavy (non-hydrogen) atoms. The first-order valence-electron chi connectivity index (χ1n) is 28.7. The first kappa shape index (κ1) is 57.0. The quantitative estimate of drug-likeness (QED) is 0.0663. The maximum Gasteiger partial charge on any atom is 0.409 e. The van der Waals surface area contributed by atoms with E-state index in [0.29, 0.717) is 65.3 Å². The third kappa shape index (κ3) is 12.2. The van der Waals surface area contributed by atoms with Gasteiger partial charge in [0.05, 0.1) is 29.4 Å². The van der Waals surface area contributed by atoms with Crippen LogP contribution in [0, 0.1) is 29.9 Å². The van der Waals surface area contributed by atoms with Crippen molar-refractivity contribution in [1.29, 1.82) is 0 Å². The number of aldehydes is 1. The lowest BCUT2D eigenvalue weighted by Gasteiger charge is -2.38. The number of hydrogen-bond donors (Lipinski definition) is 3. The van der Waals surface area contributed by atoms with Crippen LogP contribution in [0.3, 0.4) is 0 Å². The fraction of sp³-hybridized carbons (Fsp3) is 0.525. The van der Waals surface area contributed by atoms with E-state index in [1.807, 2.05) is 30.0 Å². The number of ether oxygens (including phenoxy) is 2. The minimum Gasteiger partial charge on any atom is -0.508 e. The van der Waals surface area contributed by atoms with Crippen LogP contribution < -0.4 is 30.1 Å². The summed E-state index contributed by atoms with van der Waals surface area (Å²) in [5.74, 6) is 2.15. The van der Waals surface area contributed by atoms with Crippen LogP contribution in [0.1, 0.15) is 94.1 Å². The summed E-state index contributed by atoms with van der Waals surface area (Å²) in [5.41, 5.74) is 2.84. The van der Waals surface area contributed by atoms with E-state index >= 15 is 4.39 Å². The van der Waals surface area contributed by atoms with Gasteiger partial charge in [0.25, 0.3) is 0 Å². The molecule has 3 amide bonds. The molecule has 2 bridgehead atoms. The molecule has 6 aliphatic rings. The molecule has 18 nitrogen and oxygen atoms in total. The Morgan fingerprint density at radius 2 is 1.70 bits per heavy atom. The number of carbonyl (C=O) groups is 4. The molecular weight excluding hydrogens is 1040 g/mol. The maximum atomic E-state index is 16.1. The number of benzene rings is 3. The summed E-state index contributed by atoms with van der Waals surface area (Å²) in [6, 6.07) is 12.7. The van der Waals surface area contributed by atoms with Crippen molar-refractivity contribution >= 4 is 63.6 Å². The fourth-order valence-corrected chi connectivity index (χ4v) is 13.5. The Bertz CT molecular complexity index is 3150. The summed E-state index contributed by atoms with van der Waals surface area (Å²) in [6.45, 7) is 7.88. The standard InChI is InChI=1S/C35H54N6O5.C26H21F2N5O2/c1-36-34(44)32(7-5-21-42)41(25-43)31-11-8-28(22-33(31)37(2)3)27-14-17-38(18-15-27)23-26-12-19-39(20-13-26)35(45)46-24-30-10-9-29-6-4-16-40(29)30;1-3-17-20(27)7-4-13-8-16(34)9-18(21(13)17)23-22(28)24-19(10-29-23)25(32-26(31-24)35-2)33-11-14-5-6-15(12-33)30-14/h8,11,21-22,25-27,29-30,32H,4-7,9-10,12-20,23-24H2,1-3H3,(H,36,44);1,4,7-10,14-15,30,34H,5-6,11-12H2,2H3. The Labute approximate surface area is 472 Å². The lowest BCUT2D eigenvalue weighted by Crippen LogP contribution is -2.51. The first-order valence-corrected chi connectivity index (χ1v) is 28.7. The molecule has 430 valence electrons. The van der Waals surface area contributed by atoms with E-state index in [9.17, 15) is 28.7 Å². The number of aromatic nitrogens is 3. The average molecular weight is 1110 g/mol. The molecule has 20 heteroatoms. The molecule has 11 rings (SSSR count). The third-order valence-corrected chi connectivity index (χ3v) is 17.7. The number of halogens is 2. The van der Waals surface area contributed by atoms with Gasteiger partial charge < -0.3 is 54.5 Å². The number of nitrogens with one attached hydrogen (secondary N) is 2. The zero-order valence-electron chi connectivity index (χ0n) is 46.9. The number of piperazine rings is 1. The minimum atomic E-state index is -0.757. The van der Waals surface area contributed by atoms with Gasteiger partial charge in [0.1, 0.15) is 47.5 Å². The van der Waals surface area contributed by atoms with Gasteiger partial charge in [-0.3, -0.25) is 19.5 Å². The summed E-state index contributed by atoms with van der Waals surface area (Å²) >= 11 is 0. The van der Waals surface area contributed by atoms with E-state index in [0.717, 1.165) is 115 Å². The van der Waals surface area contributed by atoms with Crippen molar-refractivity contribution < 1.29 is 42.5 Å². The van der Waals surface area contributed by atoms with E-state index in [4.69, 9.17) is 15.9 Å². The van der Waals surface area contributed by atoms with Crippen LogP contribution in [0.5, 0.6) is 11.8 Å². The summed E-state index contributed by atoms with van der Waals surface area (Å²) < 4.78 is 41.7. The molecule has 5 unspecified atom stereocenters. The number of fused-ring (bicyclic) bond motifs is 5. The van der Waals surface area contributed by atoms with E-state index in [1.165, 1.54) is 67.3 Å². The van der Waals surface area contributed by atoms with Crippen molar-refractivity contribution in [3.05, 3.63) is 71.4 Å². The first-order chi connectivity index (χ1) is 39.3. The number of likely N-dealkylation sites (tertiary alicyclic amines) is 2. The van der Waals surface area contributed by atoms with Crippen LogP contribution >= 0.6 is 0 Å². The number of piperidine rings is 2. The van der Waals surface area contributed by atoms with Gasteiger partial charge in [0, 0.05) is 102 Å². The Morgan fingerprint density at radius 1 is 0.938 bits per heavy atom. The molecule has 0 aliphatic carbocycles. The van der Waals surface area contributed by atoms with E-state index < -0.39 is 17.7 Å². The second-order valence-electron chi connectivity index (χ2n) is 22.8. The largest absolute Gasteiger partial charge is 0.508 e. The molecule has 0 spiro atoms. The van der Waals surface area contributed by atoms with Gasteiger partial charge in [0.15, 0.2) is 5.82 Å². The second-order valence-corrected chi connectivity index (χ2v) is 22.8. The number of nitrogens with zero attached hydrogens (tertiary/aromatic N) is 9. The van der Waals surface area contributed by atoms with Gasteiger partial charge in [-0.2, -0.15) is 9.97 Å². The van der Waals surface area contributed by atoms with Crippen molar-refractivity contribution in [3.63, 3.8) is 0 Å². The Kier molecular flexibility index (Phi) is 17.8. The lowest BCUT2D eigenvalue weighted by atomic mass is 9.87. The summed E-state index contributed by atoms with van der Waals surface area (Å²) in [5, 5.41) is 17.7. The van der Waals surface area contributed by atoms with Crippen LogP contribution in [0.15, 0.2) is 48.7 Å². The predicted molar refractivity (Wildman–Crippen MR) is 308 cm³/mol. The molecular formula is C61H75F2N11O7. The summed E-state index contributed by atoms with van der Waals surface area (Å²) in [6.07, 6.45) is 20.2. The monoisotopic (exact) mass is 1110 g/mol. The van der Waals surface area contributed by atoms with Gasteiger partial charge in [-0.05, 0) is 143 Å². The van der Waals surface area contributed by atoms with Crippen molar-refractivity contribution in [2.24, 2.45) is 5.92 Å². The molecule has 8 heterocycles. The molecule has 5 atom stereocenters. The Morgan fingerprint density at radius 3 is 2.40 bits per heavy atom. The molecule has 0 saturated carbocycles. The van der Waals surface area contributed by atoms with Crippen molar-refractivity contribution in [2.75, 3.05) is 102 Å². The number of carbonyl (C=O) groups excluding carboxylic acids is 4. The normalized spacial score (nSPS) is 21.7. The van der Waals surface area contributed by atoms with Crippen LogP contribution in [-0.4, -0.2) is 177 Å². The number of phenolic OH excluding ortho intramolecular Hbond substituents is 1. The SMILES string of the molecule is C#Cc1c(F)ccc2cc(O)cc(-c3ncc4c(N5CC6CCC(C5)N6)nc(OC)nc4c3F)c12.CNC(=O)C(CCC=O)N(C=O)c1ccc(C2CCN(CC3CCN(C(=O)OCC4CCC5CCCN54)CC3)CC2)cc1N(C)C. The Balaban J connectivity index is 0.000000188. The number of rotatable bonds is 16. The van der Waals surface area contributed by atoms with Crippen LogP contribution in [0.25, 0.3) is 32.9 Å². The third-order valence-electron chi connectivity index (χ3n) is 17.7. The Hall–Kier alpha value is -7.21. The number of amides is 3. The molecule has 6 fully saturated rings. The lowest BCUT2D eigenvalue weighted by molar-refractivity contribution is -0.123. The topological polar surface area (TPSA) is 189 Å². The highest BCUT2D eigenvalue weighted by atomic mass is 19.1. The number of anilines is 3. The van der Waals surface area contributed by atoms with Crippen LogP contribution in [-0.2, 0) is 19.1 Å². The number of aromatic hydroxyl groups is 1. The smallest absolute Gasteiger partial charge is 0.409 e. The zero-order valence-corrected chi connectivity index (χ0v) is 46.9.